The van der Waals surface area contributed by atoms with Crippen molar-refractivity contribution in [2.24, 2.45) is 0 Å². The Bertz CT molecular complexity index is 395. The van der Waals surface area contributed by atoms with E-state index >= 15 is 0 Å². The van der Waals surface area contributed by atoms with Gasteiger partial charge >= 0.3 is 0 Å². The van der Waals surface area contributed by atoms with Crippen LogP contribution >= 0.6 is 15.9 Å². The highest BCUT2D eigenvalue weighted by Crippen LogP contribution is 2.21. The van der Waals surface area contributed by atoms with Crippen molar-refractivity contribution < 1.29 is 8.78 Å². The van der Waals surface area contributed by atoms with Crippen molar-refractivity contribution in [3.63, 3.8) is 0 Å². The normalized spacial score (nSPS) is 11.3. The fourth-order valence-electron chi connectivity index (χ4n) is 1.91. The summed E-state index contributed by atoms with van der Waals surface area (Å²) in [6.45, 7) is 8.30. The maximum absolute atomic E-state index is 13.7. The molecule has 0 aromatic heterocycles. The van der Waals surface area contributed by atoms with E-state index < -0.39 is 11.6 Å². The predicted octanol–water partition coefficient (Wildman–Crippen LogP) is 3.55. The van der Waals surface area contributed by atoms with E-state index in [4.69, 9.17) is 0 Å². The van der Waals surface area contributed by atoms with Crippen molar-refractivity contribution in [1.82, 2.24) is 10.2 Å². The molecule has 19 heavy (non-hydrogen) atoms. The Kier molecular flexibility index (Phi) is 7.49. The molecule has 0 radical (unpaired) electrons. The van der Waals surface area contributed by atoms with Crippen LogP contribution in [0.15, 0.2) is 16.6 Å². The van der Waals surface area contributed by atoms with Crippen LogP contribution in [0.2, 0.25) is 0 Å². The highest BCUT2D eigenvalue weighted by atomic mass is 79.9. The van der Waals surface area contributed by atoms with Gasteiger partial charge in [-0.05, 0) is 60.7 Å². The lowest BCUT2D eigenvalue weighted by molar-refractivity contribution is 0.297. The van der Waals surface area contributed by atoms with E-state index in [0.717, 1.165) is 32.6 Å². The van der Waals surface area contributed by atoms with Crippen molar-refractivity contribution >= 4 is 15.9 Å². The third-order valence-electron chi connectivity index (χ3n) is 3.16. The Morgan fingerprint density at radius 3 is 2.53 bits per heavy atom. The first-order valence-corrected chi connectivity index (χ1v) is 7.44. The van der Waals surface area contributed by atoms with Crippen molar-refractivity contribution in [2.45, 2.75) is 26.8 Å². The standard InChI is InChI=1S/C14H21BrF2N2/c1-3-19(4-2)9-5-8-18-10-11-13(16)7-6-12(15)14(11)17/h6-7,18H,3-5,8-10H2,1-2H3. The molecule has 1 aromatic carbocycles. The highest BCUT2D eigenvalue weighted by molar-refractivity contribution is 9.10. The molecule has 0 saturated heterocycles. The zero-order valence-corrected chi connectivity index (χ0v) is 13.1. The summed E-state index contributed by atoms with van der Waals surface area (Å²) in [6, 6.07) is 2.66. The van der Waals surface area contributed by atoms with E-state index in [-0.39, 0.29) is 12.1 Å². The van der Waals surface area contributed by atoms with Gasteiger partial charge in [0, 0.05) is 12.1 Å². The SMILES string of the molecule is CCN(CC)CCCNCc1c(F)ccc(Br)c1F. The summed E-state index contributed by atoms with van der Waals surface area (Å²) in [5, 5.41) is 3.09. The quantitative estimate of drug-likeness (QED) is 0.577. The molecule has 0 heterocycles. The van der Waals surface area contributed by atoms with Gasteiger partial charge in [0.05, 0.1) is 4.47 Å². The molecule has 0 spiro atoms. The minimum atomic E-state index is -0.517. The maximum Gasteiger partial charge on any atom is 0.144 e. The van der Waals surface area contributed by atoms with Crippen LogP contribution in [0.4, 0.5) is 8.78 Å². The van der Waals surface area contributed by atoms with Gasteiger partial charge in [-0.2, -0.15) is 0 Å². The lowest BCUT2D eigenvalue weighted by Gasteiger charge is -2.17. The molecule has 0 aliphatic rings. The first-order chi connectivity index (χ1) is 9.10. The lowest BCUT2D eigenvalue weighted by atomic mass is 10.2. The highest BCUT2D eigenvalue weighted by Gasteiger charge is 2.11. The molecule has 0 bridgehead atoms. The van der Waals surface area contributed by atoms with Gasteiger partial charge in [-0.15, -0.1) is 0 Å². The van der Waals surface area contributed by atoms with Gasteiger partial charge in [-0.25, -0.2) is 8.78 Å². The zero-order chi connectivity index (χ0) is 14.3. The molecular weight excluding hydrogens is 314 g/mol. The lowest BCUT2D eigenvalue weighted by Crippen LogP contribution is -2.27. The molecule has 0 aliphatic heterocycles. The van der Waals surface area contributed by atoms with Gasteiger partial charge in [-0.1, -0.05) is 13.8 Å². The van der Waals surface area contributed by atoms with Crippen LogP contribution in [0.5, 0.6) is 0 Å². The second-order valence-electron chi connectivity index (χ2n) is 4.38. The fraction of sp³-hybridized carbons (Fsp3) is 0.571. The second kappa shape index (κ2) is 8.61. The Labute approximate surface area is 122 Å². The van der Waals surface area contributed by atoms with E-state index in [9.17, 15) is 8.78 Å². The average Bonchev–Trinajstić information content (AvgIpc) is 2.42. The van der Waals surface area contributed by atoms with Crippen molar-refractivity contribution in [1.29, 1.82) is 0 Å². The van der Waals surface area contributed by atoms with Crippen LogP contribution in [-0.4, -0.2) is 31.1 Å². The predicted molar refractivity (Wildman–Crippen MR) is 78.2 cm³/mol. The summed E-state index contributed by atoms with van der Waals surface area (Å²) in [5.41, 5.74) is 0.0946. The number of halogens is 3. The summed E-state index contributed by atoms with van der Waals surface area (Å²) in [7, 11) is 0. The molecule has 1 N–H and O–H groups in total. The van der Waals surface area contributed by atoms with Gasteiger partial charge < -0.3 is 10.2 Å². The molecule has 0 aliphatic carbocycles. The van der Waals surface area contributed by atoms with Gasteiger partial charge in [0.2, 0.25) is 0 Å². The van der Waals surface area contributed by atoms with Crippen LogP contribution < -0.4 is 5.32 Å². The molecule has 0 fully saturated rings. The van der Waals surface area contributed by atoms with Crippen LogP contribution in [0.1, 0.15) is 25.8 Å². The van der Waals surface area contributed by atoms with Crippen LogP contribution in [-0.2, 0) is 6.54 Å². The molecule has 5 heteroatoms. The Balaban J connectivity index is 2.36. The summed E-state index contributed by atoms with van der Waals surface area (Å²) in [5.74, 6) is -1.02. The van der Waals surface area contributed by atoms with Crippen LogP contribution in [0.3, 0.4) is 0 Å². The van der Waals surface area contributed by atoms with E-state index in [2.05, 4.69) is 40.0 Å². The molecule has 0 unspecified atom stereocenters. The molecule has 1 rings (SSSR count). The summed E-state index contributed by atoms with van der Waals surface area (Å²) in [6.07, 6.45) is 0.971. The second-order valence-corrected chi connectivity index (χ2v) is 5.23. The van der Waals surface area contributed by atoms with Crippen LogP contribution in [0, 0.1) is 11.6 Å². The molecule has 0 atom stereocenters. The molecule has 0 saturated carbocycles. The molecule has 0 amide bonds. The van der Waals surface area contributed by atoms with E-state index in [1.165, 1.54) is 12.1 Å². The number of hydrogen-bond acceptors (Lipinski definition) is 2. The average molecular weight is 335 g/mol. The topological polar surface area (TPSA) is 15.3 Å². The number of benzene rings is 1. The number of rotatable bonds is 8. The Morgan fingerprint density at radius 1 is 1.21 bits per heavy atom. The van der Waals surface area contributed by atoms with E-state index in [0.29, 0.717) is 4.47 Å². The van der Waals surface area contributed by atoms with Crippen LogP contribution in [0.25, 0.3) is 0 Å². The van der Waals surface area contributed by atoms with Gasteiger partial charge in [-0.3, -0.25) is 0 Å². The molecular formula is C14H21BrF2N2. The van der Waals surface area contributed by atoms with Crippen molar-refractivity contribution in [2.75, 3.05) is 26.2 Å². The van der Waals surface area contributed by atoms with Gasteiger partial charge in [0.25, 0.3) is 0 Å². The van der Waals surface area contributed by atoms with Gasteiger partial charge in [0.1, 0.15) is 11.6 Å². The van der Waals surface area contributed by atoms with Crippen molar-refractivity contribution in [3.05, 3.63) is 33.8 Å². The summed E-state index contributed by atoms with van der Waals surface area (Å²) >= 11 is 3.06. The summed E-state index contributed by atoms with van der Waals surface area (Å²) < 4.78 is 27.4. The van der Waals surface area contributed by atoms with E-state index in [1.807, 2.05) is 0 Å². The fourth-order valence-corrected chi connectivity index (χ4v) is 2.28. The minimum absolute atomic E-state index is 0.0946. The number of nitrogens with zero attached hydrogens (tertiary/aromatic N) is 1. The zero-order valence-electron chi connectivity index (χ0n) is 11.5. The molecule has 108 valence electrons. The first kappa shape index (κ1) is 16.5. The molecule has 1 aromatic rings. The Hall–Kier alpha value is -0.520. The third kappa shape index (κ3) is 5.16. The van der Waals surface area contributed by atoms with Gasteiger partial charge in [0.15, 0.2) is 0 Å². The van der Waals surface area contributed by atoms with E-state index in [1.54, 1.807) is 0 Å². The number of hydrogen-bond donors (Lipinski definition) is 1. The van der Waals surface area contributed by atoms with Crippen molar-refractivity contribution in [3.8, 4) is 0 Å². The summed E-state index contributed by atoms with van der Waals surface area (Å²) in [4.78, 5) is 2.32. The minimum Gasteiger partial charge on any atom is -0.312 e. The smallest absolute Gasteiger partial charge is 0.144 e. The largest absolute Gasteiger partial charge is 0.312 e. The Morgan fingerprint density at radius 2 is 1.89 bits per heavy atom. The first-order valence-electron chi connectivity index (χ1n) is 6.65. The third-order valence-corrected chi connectivity index (χ3v) is 3.78. The number of nitrogens with one attached hydrogen (secondary N) is 1. The maximum atomic E-state index is 13.7. The molecule has 2 nitrogen and oxygen atoms in total. The monoisotopic (exact) mass is 334 g/mol.